The number of benzene rings is 1. The predicted octanol–water partition coefficient (Wildman–Crippen LogP) is 1.61. The molecule has 20 heavy (non-hydrogen) atoms. The zero-order chi connectivity index (χ0) is 14.3. The third-order valence-electron chi connectivity index (χ3n) is 3.98. The summed E-state index contributed by atoms with van der Waals surface area (Å²) in [7, 11) is -3.61. The lowest BCUT2D eigenvalue weighted by atomic mass is 10.1. The number of sulfonamides is 1. The van der Waals surface area contributed by atoms with Gasteiger partial charge in [0, 0.05) is 6.04 Å². The van der Waals surface area contributed by atoms with Crippen LogP contribution in [0.2, 0.25) is 0 Å². The molecule has 1 aromatic carbocycles. The van der Waals surface area contributed by atoms with Crippen LogP contribution in [0.3, 0.4) is 0 Å². The van der Waals surface area contributed by atoms with Crippen LogP contribution in [0.15, 0.2) is 23.1 Å². The lowest BCUT2D eigenvalue weighted by Crippen LogP contribution is -2.38. The Kier molecular flexibility index (Phi) is 3.19. The van der Waals surface area contributed by atoms with Crippen molar-refractivity contribution in [3.63, 3.8) is 0 Å². The van der Waals surface area contributed by atoms with Gasteiger partial charge in [0.05, 0.1) is 17.3 Å². The van der Waals surface area contributed by atoms with Gasteiger partial charge in [0.15, 0.2) is 0 Å². The third kappa shape index (κ3) is 2.65. The van der Waals surface area contributed by atoms with Crippen LogP contribution in [0, 0.1) is 23.2 Å². The maximum absolute atomic E-state index is 12.5. The van der Waals surface area contributed by atoms with E-state index in [4.69, 9.17) is 11.0 Å². The lowest BCUT2D eigenvalue weighted by molar-refractivity contribution is 0.471. The van der Waals surface area contributed by atoms with E-state index in [0.29, 0.717) is 17.4 Å². The number of anilines is 1. The van der Waals surface area contributed by atoms with Crippen molar-refractivity contribution < 1.29 is 8.42 Å². The summed E-state index contributed by atoms with van der Waals surface area (Å²) in [6, 6.07) is 6.29. The van der Waals surface area contributed by atoms with Crippen LogP contribution in [0.25, 0.3) is 0 Å². The summed E-state index contributed by atoms with van der Waals surface area (Å²) in [5.41, 5.74) is 6.26. The van der Waals surface area contributed by atoms with Crippen molar-refractivity contribution in [2.24, 2.45) is 11.8 Å². The summed E-state index contributed by atoms with van der Waals surface area (Å²) in [4.78, 5) is 0.0720. The smallest absolute Gasteiger partial charge is 0.242 e. The number of rotatable bonds is 5. The third-order valence-corrected chi connectivity index (χ3v) is 5.51. The molecule has 3 rings (SSSR count). The molecule has 0 spiro atoms. The van der Waals surface area contributed by atoms with Crippen LogP contribution in [0.1, 0.15) is 31.2 Å². The molecule has 5 nitrogen and oxygen atoms in total. The van der Waals surface area contributed by atoms with Crippen molar-refractivity contribution in [1.29, 1.82) is 5.26 Å². The van der Waals surface area contributed by atoms with Gasteiger partial charge in [-0.3, -0.25) is 0 Å². The fourth-order valence-corrected chi connectivity index (χ4v) is 4.08. The van der Waals surface area contributed by atoms with Crippen LogP contribution in [0.5, 0.6) is 0 Å². The fraction of sp³-hybridized carbons (Fsp3) is 0.500. The summed E-state index contributed by atoms with van der Waals surface area (Å²) in [5, 5.41) is 8.79. The molecule has 6 heteroatoms. The number of nitrogen functional groups attached to an aromatic ring is 1. The Labute approximate surface area is 118 Å². The molecule has 1 aromatic rings. The topological polar surface area (TPSA) is 96.0 Å². The zero-order valence-electron chi connectivity index (χ0n) is 11.0. The van der Waals surface area contributed by atoms with Crippen LogP contribution in [0.4, 0.5) is 5.69 Å². The van der Waals surface area contributed by atoms with Gasteiger partial charge in [0.25, 0.3) is 0 Å². The fourth-order valence-electron chi connectivity index (χ4n) is 2.59. The summed E-state index contributed by atoms with van der Waals surface area (Å²) >= 11 is 0. The second-order valence-corrected chi connectivity index (χ2v) is 7.37. The minimum atomic E-state index is -3.61. The number of nitrogens with zero attached hydrogens (tertiary/aromatic N) is 1. The minimum Gasteiger partial charge on any atom is -0.398 e. The molecule has 2 fully saturated rings. The van der Waals surface area contributed by atoms with Crippen molar-refractivity contribution in [3.05, 3.63) is 23.8 Å². The molecule has 0 amide bonds. The monoisotopic (exact) mass is 291 g/mol. The van der Waals surface area contributed by atoms with E-state index in [1.54, 1.807) is 0 Å². The molecule has 0 unspecified atom stereocenters. The first-order valence-corrected chi connectivity index (χ1v) is 8.31. The van der Waals surface area contributed by atoms with Gasteiger partial charge in [-0.15, -0.1) is 0 Å². The lowest BCUT2D eigenvalue weighted by Gasteiger charge is -2.18. The Hall–Kier alpha value is -1.58. The maximum atomic E-state index is 12.5. The second kappa shape index (κ2) is 4.76. The highest BCUT2D eigenvalue weighted by Gasteiger charge is 2.43. The van der Waals surface area contributed by atoms with Crippen molar-refractivity contribution in [2.45, 2.75) is 36.6 Å². The first kappa shape index (κ1) is 13.4. The van der Waals surface area contributed by atoms with Gasteiger partial charge < -0.3 is 5.73 Å². The Bertz CT molecular complexity index is 658. The predicted molar refractivity (Wildman–Crippen MR) is 75.1 cm³/mol. The summed E-state index contributed by atoms with van der Waals surface area (Å²) < 4.78 is 27.7. The van der Waals surface area contributed by atoms with Gasteiger partial charge in [0.2, 0.25) is 10.0 Å². The summed E-state index contributed by atoms with van der Waals surface area (Å²) in [5.74, 6) is 0.966. The largest absolute Gasteiger partial charge is 0.398 e. The van der Waals surface area contributed by atoms with E-state index in [1.807, 2.05) is 6.07 Å². The number of nitrogens with one attached hydrogen (secondary N) is 1. The number of hydrogen-bond acceptors (Lipinski definition) is 4. The summed E-state index contributed by atoms with van der Waals surface area (Å²) in [6.07, 6.45) is 4.41. The molecule has 2 saturated carbocycles. The SMILES string of the molecule is N#Cc1ccc(S(=O)(=O)NC(C2CC2)C2CC2)c(N)c1. The van der Waals surface area contributed by atoms with Gasteiger partial charge in [-0.1, -0.05) is 0 Å². The molecule has 3 N–H and O–H groups in total. The molecule has 0 atom stereocenters. The molecule has 0 aliphatic heterocycles. The molecule has 0 bridgehead atoms. The average Bonchev–Trinajstić information content (AvgIpc) is 3.28. The molecule has 106 valence electrons. The second-order valence-electron chi connectivity index (χ2n) is 5.69. The van der Waals surface area contributed by atoms with E-state index in [1.165, 1.54) is 18.2 Å². The van der Waals surface area contributed by atoms with Gasteiger partial charge in [0.1, 0.15) is 4.90 Å². The van der Waals surface area contributed by atoms with E-state index in [2.05, 4.69) is 4.72 Å². The highest BCUT2D eigenvalue weighted by atomic mass is 32.2. The Morgan fingerprint density at radius 2 is 1.85 bits per heavy atom. The number of hydrogen-bond donors (Lipinski definition) is 2. The van der Waals surface area contributed by atoms with Crippen molar-refractivity contribution in [1.82, 2.24) is 4.72 Å². The Morgan fingerprint density at radius 1 is 1.25 bits per heavy atom. The quantitative estimate of drug-likeness (QED) is 0.805. The van der Waals surface area contributed by atoms with Crippen LogP contribution in [-0.2, 0) is 10.0 Å². The molecular formula is C14H17N3O2S. The van der Waals surface area contributed by atoms with Gasteiger partial charge in [-0.2, -0.15) is 5.26 Å². The van der Waals surface area contributed by atoms with Crippen LogP contribution >= 0.6 is 0 Å². The first-order valence-electron chi connectivity index (χ1n) is 6.83. The normalized spacial score (nSPS) is 19.0. The molecule has 2 aliphatic rings. The van der Waals surface area contributed by atoms with E-state index in [0.717, 1.165) is 25.7 Å². The highest BCUT2D eigenvalue weighted by molar-refractivity contribution is 7.89. The average molecular weight is 291 g/mol. The molecular weight excluding hydrogens is 274 g/mol. The molecule has 2 aliphatic carbocycles. The standard InChI is InChI=1S/C14H17N3O2S/c15-8-9-1-6-13(12(16)7-9)20(18,19)17-14(10-2-3-10)11-4-5-11/h1,6-7,10-11,14,17H,2-5,16H2. The maximum Gasteiger partial charge on any atom is 0.242 e. The zero-order valence-corrected chi connectivity index (χ0v) is 11.9. The van der Waals surface area contributed by atoms with E-state index in [-0.39, 0.29) is 16.6 Å². The van der Waals surface area contributed by atoms with Crippen LogP contribution in [-0.4, -0.2) is 14.5 Å². The number of nitriles is 1. The summed E-state index contributed by atoms with van der Waals surface area (Å²) in [6.45, 7) is 0. The van der Waals surface area contributed by atoms with Crippen molar-refractivity contribution in [3.8, 4) is 6.07 Å². The van der Waals surface area contributed by atoms with E-state index >= 15 is 0 Å². The molecule has 0 radical (unpaired) electrons. The van der Waals surface area contributed by atoms with E-state index < -0.39 is 10.0 Å². The van der Waals surface area contributed by atoms with E-state index in [9.17, 15) is 8.42 Å². The van der Waals surface area contributed by atoms with Gasteiger partial charge >= 0.3 is 0 Å². The van der Waals surface area contributed by atoms with Gasteiger partial charge in [-0.05, 0) is 55.7 Å². The van der Waals surface area contributed by atoms with Crippen molar-refractivity contribution in [2.75, 3.05) is 5.73 Å². The van der Waals surface area contributed by atoms with Crippen LogP contribution < -0.4 is 10.5 Å². The molecule has 0 heterocycles. The Balaban J connectivity index is 1.85. The first-order chi connectivity index (χ1) is 9.51. The highest BCUT2D eigenvalue weighted by Crippen LogP contribution is 2.45. The molecule has 0 saturated heterocycles. The van der Waals surface area contributed by atoms with Gasteiger partial charge in [-0.25, -0.2) is 13.1 Å². The number of nitrogens with two attached hydrogens (primary N) is 1. The molecule has 0 aromatic heterocycles. The minimum absolute atomic E-state index is 0.0510. The van der Waals surface area contributed by atoms with Crippen molar-refractivity contribution >= 4 is 15.7 Å². The Morgan fingerprint density at radius 3 is 2.30 bits per heavy atom.